The number of aliphatic imine (C=N–C) groups is 1. The van der Waals surface area contributed by atoms with Crippen LogP contribution in [0.4, 0.5) is 0 Å². The lowest BCUT2D eigenvalue weighted by Crippen LogP contribution is -2.42. The van der Waals surface area contributed by atoms with Crippen molar-refractivity contribution in [1.29, 1.82) is 0 Å². The van der Waals surface area contributed by atoms with Gasteiger partial charge in [-0.25, -0.2) is 4.98 Å². The number of guanidine groups is 1. The van der Waals surface area contributed by atoms with E-state index in [0.717, 1.165) is 30.5 Å². The zero-order valence-electron chi connectivity index (χ0n) is 12.5. The summed E-state index contributed by atoms with van der Waals surface area (Å²) in [5, 5.41) is 4.63. The summed E-state index contributed by atoms with van der Waals surface area (Å²) in [4.78, 5) is 12.7. The zero-order valence-corrected chi connectivity index (χ0v) is 13.3. The molecule has 5 heteroatoms. The molecule has 2 heterocycles. The van der Waals surface area contributed by atoms with Crippen molar-refractivity contribution in [2.75, 3.05) is 20.1 Å². The Labute approximate surface area is 125 Å². The van der Waals surface area contributed by atoms with Crippen LogP contribution in [0.1, 0.15) is 42.5 Å². The second-order valence-electron chi connectivity index (χ2n) is 6.00. The first-order valence-electron chi connectivity index (χ1n) is 7.64. The van der Waals surface area contributed by atoms with E-state index in [2.05, 4.69) is 27.1 Å². The number of nitrogens with zero attached hydrogens (tertiary/aromatic N) is 3. The minimum atomic E-state index is 0.619. The molecule has 1 aromatic heterocycles. The molecule has 3 rings (SSSR count). The molecule has 20 heavy (non-hydrogen) atoms. The van der Waals surface area contributed by atoms with Crippen molar-refractivity contribution in [3.63, 3.8) is 0 Å². The average Bonchev–Trinajstić information content (AvgIpc) is 3.05. The molecule has 2 fully saturated rings. The number of hydrogen-bond acceptors (Lipinski definition) is 3. The summed E-state index contributed by atoms with van der Waals surface area (Å²) in [6.07, 6.45) is 8.63. The van der Waals surface area contributed by atoms with Gasteiger partial charge in [-0.05, 0) is 31.1 Å². The molecule has 1 aromatic rings. The Balaban J connectivity index is 1.55. The standard InChI is InChI=1S/C15H24N4S/c1-3-12-9-17-13(20-12)10-18-14(16-2)19-8-7-15(11-19)5-4-6-15/h9H,3-8,10-11H2,1-2H3,(H,16,18). The van der Waals surface area contributed by atoms with Crippen molar-refractivity contribution in [3.8, 4) is 0 Å². The van der Waals surface area contributed by atoms with Gasteiger partial charge in [0, 0.05) is 31.2 Å². The van der Waals surface area contributed by atoms with Gasteiger partial charge in [-0.15, -0.1) is 11.3 Å². The molecular weight excluding hydrogens is 268 g/mol. The molecule has 1 aliphatic heterocycles. The number of aryl methyl sites for hydroxylation is 1. The summed E-state index contributed by atoms with van der Waals surface area (Å²) in [6, 6.07) is 0. The molecule has 0 radical (unpaired) electrons. The average molecular weight is 292 g/mol. The maximum absolute atomic E-state index is 4.46. The highest BCUT2D eigenvalue weighted by Crippen LogP contribution is 2.47. The fraction of sp³-hybridized carbons (Fsp3) is 0.733. The maximum atomic E-state index is 4.46. The lowest BCUT2D eigenvalue weighted by Gasteiger charge is -2.38. The molecule has 4 nitrogen and oxygen atoms in total. The van der Waals surface area contributed by atoms with Crippen LogP contribution in [0, 0.1) is 5.41 Å². The largest absolute Gasteiger partial charge is 0.350 e. The quantitative estimate of drug-likeness (QED) is 0.688. The number of nitrogens with one attached hydrogen (secondary N) is 1. The predicted molar refractivity (Wildman–Crippen MR) is 84.2 cm³/mol. The molecule has 0 unspecified atom stereocenters. The molecule has 0 bridgehead atoms. The zero-order chi connectivity index (χ0) is 14.0. The van der Waals surface area contributed by atoms with Gasteiger partial charge < -0.3 is 10.2 Å². The van der Waals surface area contributed by atoms with Gasteiger partial charge in [0.1, 0.15) is 5.01 Å². The van der Waals surface area contributed by atoms with Crippen LogP contribution in [0.15, 0.2) is 11.2 Å². The van der Waals surface area contributed by atoms with Crippen LogP contribution in [-0.2, 0) is 13.0 Å². The van der Waals surface area contributed by atoms with Crippen LogP contribution >= 0.6 is 11.3 Å². The molecule has 1 aliphatic carbocycles. The highest BCUT2D eigenvalue weighted by Gasteiger charge is 2.43. The molecule has 110 valence electrons. The van der Waals surface area contributed by atoms with Crippen molar-refractivity contribution in [1.82, 2.24) is 15.2 Å². The van der Waals surface area contributed by atoms with Crippen LogP contribution in [0.5, 0.6) is 0 Å². The van der Waals surface area contributed by atoms with Gasteiger partial charge in [0.15, 0.2) is 5.96 Å². The van der Waals surface area contributed by atoms with Crippen molar-refractivity contribution < 1.29 is 0 Å². The van der Waals surface area contributed by atoms with E-state index in [0.29, 0.717) is 5.41 Å². The summed E-state index contributed by atoms with van der Waals surface area (Å²) in [6.45, 7) is 5.30. The molecule has 0 amide bonds. The van der Waals surface area contributed by atoms with Gasteiger partial charge in [-0.3, -0.25) is 4.99 Å². The first-order valence-corrected chi connectivity index (χ1v) is 8.45. The van der Waals surface area contributed by atoms with E-state index in [1.165, 1.54) is 37.1 Å². The number of rotatable bonds is 3. The van der Waals surface area contributed by atoms with Crippen molar-refractivity contribution in [3.05, 3.63) is 16.1 Å². The van der Waals surface area contributed by atoms with Crippen molar-refractivity contribution >= 4 is 17.3 Å². The molecule has 1 saturated carbocycles. The number of hydrogen-bond donors (Lipinski definition) is 1. The monoisotopic (exact) mass is 292 g/mol. The highest BCUT2D eigenvalue weighted by molar-refractivity contribution is 7.11. The van der Waals surface area contributed by atoms with Crippen LogP contribution in [0.2, 0.25) is 0 Å². The van der Waals surface area contributed by atoms with E-state index in [1.54, 1.807) is 11.3 Å². The van der Waals surface area contributed by atoms with E-state index in [1.807, 2.05) is 13.2 Å². The minimum Gasteiger partial charge on any atom is -0.350 e. The summed E-state index contributed by atoms with van der Waals surface area (Å²) in [5.74, 6) is 1.04. The second-order valence-corrected chi connectivity index (χ2v) is 7.20. The Hall–Kier alpha value is -1.10. The van der Waals surface area contributed by atoms with Gasteiger partial charge in [0.25, 0.3) is 0 Å². The highest BCUT2D eigenvalue weighted by atomic mass is 32.1. The van der Waals surface area contributed by atoms with Gasteiger partial charge in [-0.1, -0.05) is 13.3 Å². The van der Waals surface area contributed by atoms with Gasteiger partial charge >= 0.3 is 0 Å². The Morgan fingerprint density at radius 2 is 2.35 bits per heavy atom. The van der Waals surface area contributed by atoms with Crippen molar-refractivity contribution in [2.24, 2.45) is 10.4 Å². The van der Waals surface area contributed by atoms with E-state index >= 15 is 0 Å². The lowest BCUT2D eigenvalue weighted by molar-refractivity contribution is 0.151. The predicted octanol–water partition coefficient (Wildman–Crippen LogP) is 2.66. The summed E-state index contributed by atoms with van der Waals surface area (Å²) in [7, 11) is 1.88. The topological polar surface area (TPSA) is 40.5 Å². The van der Waals surface area contributed by atoms with Crippen molar-refractivity contribution in [2.45, 2.75) is 45.6 Å². The first-order chi connectivity index (χ1) is 9.74. The smallest absolute Gasteiger partial charge is 0.194 e. The van der Waals surface area contributed by atoms with Crippen LogP contribution in [0.3, 0.4) is 0 Å². The molecule has 0 aromatic carbocycles. The van der Waals surface area contributed by atoms with Crippen LogP contribution < -0.4 is 5.32 Å². The van der Waals surface area contributed by atoms with Crippen LogP contribution in [0.25, 0.3) is 0 Å². The SMILES string of the molecule is CCc1cnc(CNC(=NC)N2CCC3(CCC3)C2)s1. The number of likely N-dealkylation sites (tertiary alicyclic amines) is 1. The first kappa shape index (κ1) is 13.9. The molecule has 2 aliphatic rings. The molecule has 1 N–H and O–H groups in total. The maximum Gasteiger partial charge on any atom is 0.194 e. The molecule has 1 spiro atoms. The Morgan fingerprint density at radius 1 is 1.50 bits per heavy atom. The lowest BCUT2D eigenvalue weighted by atomic mass is 9.68. The normalized spacial score (nSPS) is 21.3. The van der Waals surface area contributed by atoms with E-state index < -0.39 is 0 Å². The Kier molecular flexibility index (Phi) is 3.96. The number of aromatic nitrogens is 1. The van der Waals surface area contributed by atoms with E-state index in [-0.39, 0.29) is 0 Å². The summed E-state index contributed by atoms with van der Waals surface area (Å²) in [5.41, 5.74) is 0.619. The third-order valence-electron chi connectivity index (χ3n) is 4.71. The van der Waals surface area contributed by atoms with Gasteiger partial charge in [0.2, 0.25) is 0 Å². The number of thiazole rings is 1. The summed E-state index contributed by atoms with van der Waals surface area (Å²) < 4.78 is 0. The molecule has 1 saturated heterocycles. The summed E-state index contributed by atoms with van der Waals surface area (Å²) >= 11 is 1.80. The minimum absolute atomic E-state index is 0.619. The van der Waals surface area contributed by atoms with Gasteiger partial charge in [0.05, 0.1) is 6.54 Å². The third kappa shape index (κ3) is 2.68. The van der Waals surface area contributed by atoms with E-state index in [9.17, 15) is 0 Å². The third-order valence-corrected chi connectivity index (χ3v) is 5.85. The second kappa shape index (κ2) is 5.72. The van der Waals surface area contributed by atoms with Crippen LogP contribution in [-0.4, -0.2) is 36.0 Å². The fourth-order valence-corrected chi connectivity index (χ4v) is 4.08. The molecule has 0 atom stereocenters. The fourth-order valence-electron chi connectivity index (χ4n) is 3.28. The van der Waals surface area contributed by atoms with Gasteiger partial charge in [-0.2, -0.15) is 0 Å². The Morgan fingerprint density at radius 3 is 2.90 bits per heavy atom. The molecular formula is C15H24N4S. The van der Waals surface area contributed by atoms with E-state index in [4.69, 9.17) is 0 Å². The Bertz CT molecular complexity index is 490.